The van der Waals surface area contributed by atoms with Gasteiger partial charge in [-0.2, -0.15) is 13.2 Å². The van der Waals surface area contributed by atoms with Crippen molar-refractivity contribution in [2.24, 2.45) is 5.92 Å². The predicted octanol–water partition coefficient (Wildman–Crippen LogP) is 1.85. The minimum absolute atomic E-state index is 0.0508. The number of alkyl halides is 3. The van der Waals surface area contributed by atoms with Crippen LogP contribution < -0.4 is 0 Å². The molecule has 1 fully saturated rings. The van der Waals surface area contributed by atoms with E-state index in [1.165, 1.54) is 0 Å². The van der Waals surface area contributed by atoms with Crippen molar-refractivity contribution in [1.29, 1.82) is 0 Å². The largest absolute Gasteiger partial charge is 0.456 e. The Kier molecular flexibility index (Phi) is 3.71. The Balaban J connectivity index is 2.31. The molecule has 1 saturated carbocycles. The number of carbonyl (C=O) groups is 2. The highest BCUT2D eigenvalue weighted by molar-refractivity contribution is 5.82. The molecule has 0 amide bonds. The smallest absolute Gasteiger partial charge is 0.422 e. The van der Waals surface area contributed by atoms with Crippen LogP contribution in [0.3, 0.4) is 0 Å². The summed E-state index contributed by atoms with van der Waals surface area (Å²) < 4.78 is 39.2. The van der Waals surface area contributed by atoms with E-state index < -0.39 is 24.7 Å². The van der Waals surface area contributed by atoms with Gasteiger partial charge in [0.25, 0.3) is 0 Å². The Morgan fingerprint density at radius 2 is 1.87 bits per heavy atom. The monoisotopic (exact) mass is 224 g/mol. The highest BCUT2D eigenvalue weighted by Gasteiger charge is 2.32. The lowest BCUT2D eigenvalue weighted by Crippen LogP contribution is -2.27. The Hall–Kier alpha value is -1.07. The molecule has 6 heteroatoms. The molecule has 0 aromatic rings. The molecule has 1 aliphatic carbocycles. The van der Waals surface area contributed by atoms with E-state index in [0.29, 0.717) is 12.8 Å². The lowest BCUT2D eigenvalue weighted by Gasteiger charge is -2.19. The van der Waals surface area contributed by atoms with Crippen LogP contribution in [0.4, 0.5) is 13.2 Å². The van der Waals surface area contributed by atoms with E-state index in [4.69, 9.17) is 0 Å². The molecule has 0 unspecified atom stereocenters. The molecule has 0 aromatic carbocycles. The first-order valence-electron chi connectivity index (χ1n) is 4.63. The predicted molar refractivity (Wildman–Crippen MR) is 44.0 cm³/mol. The fraction of sp³-hybridized carbons (Fsp3) is 0.778. The summed E-state index contributed by atoms with van der Waals surface area (Å²) in [5.74, 6) is -1.35. The highest BCUT2D eigenvalue weighted by atomic mass is 19.4. The summed E-state index contributed by atoms with van der Waals surface area (Å²) in [6, 6.07) is 0. The van der Waals surface area contributed by atoms with E-state index in [1.54, 1.807) is 0 Å². The Labute approximate surface area is 84.6 Å². The van der Waals surface area contributed by atoms with E-state index in [-0.39, 0.29) is 18.6 Å². The van der Waals surface area contributed by atoms with Crippen LogP contribution in [0.2, 0.25) is 0 Å². The normalized spacial score (nSPS) is 19.0. The summed E-state index contributed by atoms with van der Waals surface area (Å²) in [7, 11) is 0. The number of hydrogen-bond donors (Lipinski definition) is 0. The van der Waals surface area contributed by atoms with Crippen LogP contribution in [0.25, 0.3) is 0 Å². The highest BCUT2D eigenvalue weighted by Crippen LogP contribution is 2.23. The standard InChI is InChI=1S/C9H11F3O3/c10-9(11,12)5-15-8(14)6-1-3-7(13)4-2-6/h6H,1-5H2. The zero-order chi connectivity index (χ0) is 11.5. The maximum Gasteiger partial charge on any atom is 0.422 e. The van der Waals surface area contributed by atoms with Crippen molar-refractivity contribution < 1.29 is 27.5 Å². The minimum Gasteiger partial charge on any atom is -0.456 e. The van der Waals surface area contributed by atoms with Gasteiger partial charge in [0.05, 0.1) is 5.92 Å². The van der Waals surface area contributed by atoms with Crippen LogP contribution in [0, 0.1) is 5.92 Å². The fourth-order valence-corrected chi connectivity index (χ4v) is 1.45. The summed E-state index contributed by atoms with van der Waals surface area (Å²) in [4.78, 5) is 21.9. The third-order valence-corrected chi connectivity index (χ3v) is 2.25. The van der Waals surface area contributed by atoms with Crippen molar-refractivity contribution in [1.82, 2.24) is 0 Å². The molecular formula is C9H11F3O3. The maximum absolute atomic E-state index is 11.7. The zero-order valence-electron chi connectivity index (χ0n) is 7.97. The molecule has 0 heterocycles. The number of Topliss-reactive ketones (excluding diaryl/α,β-unsaturated/α-hetero) is 1. The van der Waals surface area contributed by atoms with Gasteiger partial charge in [0.15, 0.2) is 6.61 Å². The van der Waals surface area contributed by atoms with Crippen LogP contribution in [0.1, 0.15) is 25.7 Å². The van der Waals surface area contributed by atoms with Crippen molar-refractivity contribution in [2.45, 2.75) is 31.9 Å². The van der Waals surface area contributed by atoms with Crippen molar-refractivity contribution >= 4 is 11.8 Å². The second-order valence-corrected chi connectivity index (χ2v) is 3.54. The summed E-state index contributed by atoms with van der Waals surface area (Å²) in [6.07, 6.45) is -3.37. The maximum atomic E-state index is 11.7. The van der Waals surface area contributed by atoms with Crippen molar-refractivity contribution in [2.75, 3.05) is 6.61 Å². The second-order valence-electron chi connectivity index (χ2n) is 3.54. The van der Waals surface area contributed by atoms with Gasteiger partial charge in [0, 0.05) is 12.8 Å². The molecule has 0 N–H and O–H groups in total. The van der Waals surface area contributed by atoms with Gasteiger partial charge in [-0.05, 0) is 12.8 Å². The number of carbonyl (C=O) groups excluding carboxylic acids is 2. The molecule has 0 radical (unpaired) electrons. The van der Waals surface area contributed by atoms with Gasteiger partial charge in [0.1, 0.15) is 5.78 Å². The summed E-state index contributed by atoms with van der Waals surface area (Å²) >= 11 is 0. The van der Waals surface area contributed by atoms with Gasteiger partial charge in [-0.15, -0.1) is 0 Å². The number of ketones is 1. The molecule has 0 aromatic heterocycles. The first-order chi connectivity index (χ1) is 6.88. The molecule has 0 saturated heterocycles. The Bertz CT molecular complexity index is 250. The van der Waals surface area contributed by atoms with E-state index in [9.17, 15) is 22.8 Å². The number of hydrogen-bond acceptors (Lipinski definition) is 3. The molecule has 0 spiro atoms. The average Bonchev–Trinajstić information content (AvgIpc) is 2.14. The van der Waals surface area contributed by atoms with Gasteiger partial charge in [-0.25, -0.2) is 0 Å². The van der Waals surface area contributed by atoms with E-state index in [0.717, 1.165) is 0 Å². The molecule has 3 nitrogen and oxygen atoms in total. The summed E-state index contributed by atoms with van der Waals surface area (Å²) in [5.41, 5.74) is 0. The quantitative estimate of drug-likeness (QED) is 0.672. The van der Waals surface area contributed by atoms with Gasteiger partial charge in [-0.3, -0.25) is 9.59 Å². The van der Waals surface area contributed by atoms with E-state index in [2.05, 4.69) is 4.74 Å². The molecule has 1 rings (SSSR count). The SMILES string of the molecule is O=C1CCC(C(=O)OCC(F)(F)F)CC1. The molecular weight excluding hydrogens is 213 g/mol. The van der Waals surface area contributed by atoms with E-state index >= 15 is 0 Å². The molecule has 1 aliphatic rings. The third kappa shape index (κ3) is 4.31. The van der Waals surface area contributed by atoms with Crippen molar-refractivity contribution in [3.8, 4) is 0 Å². The summed E-state index contributed by atoms with van der Waals surface area (Å²) in [6.45, 7) is -1.55. The van der Waals surface area contributed by atoms with Crippen molar-refractivity contribution in [3.05, 3.63) is 0 Å². The molecule has 86 valence electrons. The first kappa shape index (κ1) is 12.0. The van der Waals surface area contributed by atoms with Crippen LogP contribution >= 0.6 is 0 Å². The number of esters is 1. The van der Waals surface area contributed by atoms with Gasteiger partial charge < -0.3 is 4.74 Å². The van der Waals surface area contributed by atoms with Crippen LogP contribution in [0.15, 0.2) is 0 Å². The van der Waals surface area contributed by atoms with Gasteiger partial charge in [0.2, 0.25) is 0 Å². The number of rotatable bonds is 2. The number of halogens is 3. The van der Waals surface area contributed by atoms with Crippen molar-refractivity contribution in [3.63, 3.8) is 0 Å². The lowest BCUT2D eigenvalue weighted by molar-refractivity contribution is -0.189. The van der Waals surface area contributed by atoms with Crippen LogP contribution in [-0.2, 0) is 14.3 Å². The summed E-state index contributed by atoms with van der Waals surface area (Å²) in [5, 5.41) is 0. The van der Waals surface area contributed by atoms with Gasteiger partial charge in [-0.1, -0.05) is 0 Å². The Morgan fingerprint density at radius 1 is 1.33 bits per heavy atom. The van der Waals surface area contributed by atoms with E-state index in [1.807, 2.05) is 0 Å². The number of ether oxygens (including phenoxy) is 1. The van der Waals surface area contributed by atoms with Gasteiger partial charge >= 0.3 is 12.1 Å². The molecule has 15 heavy (non-hydrogen) atoms. The lowest BCUT2D eigenvalue weighted by atomic mass is 9.88. The van der Waals surface area contributed by atoms with Crippen LogP contribution in [0.5, 0.6) is 0 Å². The minimum atomic E-state index is -4.49. The third-order valence-electron chi connectivity index (χ3n) is 2.25. The van der Waals surface area contributed by atoms with Crippen LogP contribution in [-0.4, -0.2) is 24.5 Å². The molecule has 0 atom stereocenters. The topological polar surface area (TPSA) is 43.4 Å². The Morgan fingerprint density at radius 3 is 2.33 bits per heavy atom. The fourth-order valence-electron chi connectivity index (χ4n) is 1.45. The second kappa shape index (κ2) is 4.63. The molecule has 0 bridgehead atoms. The first-order valence-corrected chi connectivity index (χ1v) is 4.63. The molecule has 0 aliphatic heterocycles. The average molecular weight is 224 g/mol. The zero-order valence-corrected chi connectivity index (χ0v) is 7.97.